The maximum Gasteiger partial charge on any atom is 0.190 e. The van der Waals surface area contributed by atoms with E-state index < -0.39 is 8.32 Å². The van der Waals surface area contributed by atoms with Crippen LogP contribution in [0.15, 0.2) is 24.3 Å². The molecule has 13 heavy (non-hydrogen) atoms. The Kier molecular flexibility index (Phi) is 3.22. The highest BCUT2D eigenvalue weighted by molar-refractivity contribution is 6.70. The van der Waals surface area contributed by atoms with Gasteiger partial charge in [0.15, 0.2) is 8.32 Å². The molecule has 0 aliphatic rings. The van der Waals surface area contributed by atoms with Crippen molar-refractivity contribution in [2.75, 3.05) is 7.11 Å². The van der Waals surface area contributed by atoms with E-state index in [9.17, 15) is 4.39 Å². The third kappa shape index (κ3) is 3.28. The minimum absolute atomic E-state index is 0.180. The summed E-state index contributed by atoms with van der Waals surface area (Å²) in [6.45, 7) is 4.30. The molecule has 1 rings (SSSR count). The Morgan fingerprint density at radius 1 is 1.23 bits per heavy atom. The maximum absolute atomic E-state index is 12.6. The highest BCUT2D eigenvalue weighted by atomic mass is 28.4. The van der Waals surface area contributed by atoms with Crippen molar-refractivity contribution in [1.29, 1.82) is 0 Å². The van der Waals surface area contributed by atoms with E-state index in [0.717, 1.165) is 11.6 Å². The van der Waals surface area contributed by atoms with Gasteiger partial charge in [-0.3, -0.25) is 0 Å². The minimum atomic E-state index is -1.56. The molecule has 0 atom stereocenters. The van der Waals surface area contributed by atoms with Crippen LogP contribution in [0.2, 0.25) is 13.1 Å². The van der Waals surface area contributed by atoms with Crippen molar-refractivity contribution in [3.8, 4) is 0 Å². The van der Waals surface area contributed by atoms with Gasteiger partial charge < -0.3 is 4.43 Å². The normalized spacial score (nSPS) is 11.7. The quantitative estimate of drug-likeness (QED) is 0.679. The molecule has 1 nitrogen and oxygen atoms in total. The van der Waals surface area contributed by atoms with Crippen LogP contribution in [0.5, 0.6) is 0 Å². The smallest absolute Gasteiger partial charge is 0.190 e. The fraction of sp³-hybridized carbons (Fsp3) is 0.400. The van der Waals surface area contributed by atoms with Crippen LogP contribution in [0, 0.1) is 5.82 Å². The zero-order chi connectivity index (χ0) is 9.90. The second kappa shape index (κ2) is 4.02. The topological polar surface area (TPSA) is 9.23 Å². The minimum Gasteiger partial charge on any atom is -0.420 e. The Hall–Kier alpha value is -0.673. The van der Waals surface area contributed by atoms with Crippen molar-refractivity contribution in [2.24, 2.45) is 0 Å². The van der Waals surface area contributed by atoms with Crippen molar-refractivity contribution in [3.05, 3.63) is 35.6 Å². The molecule has 0 unspecified atom stereocenters. The van der Waals surface area contributed by atoms with Crippen molar-refractivity contribution in [2.45, 2.75) is 19.1 Å². The molecule has 0 aromatic heterocycles. The van der Waals surface area contributed by atoms with Crippen molar-refractivity contribution in [3.63, 3.8) is 0 Å². The van der Waals surface area contributed by atoms with Crippen LogP contribution in [0.4, 0.5) is 4.39 Å². The summed E-state index contributed by atoms with van der Waals surface area (Å²) >= 11 is 0. The Morgan fingerprint density at radius 2 is 1.77 bits per heavy atom. The van der Waals surface area contributed by atoms with Gasteiger partial charge >= 0.3 is 0 Å². The molecule has 1 aromatic carbocycles. The predicted molar refractivity (Wildman–Crippen MR) is 54.6 cm³/mol. The summed E-state index contributed by atoms with van der Waals surface area (Å²) in [7, 11) is 0.188. The third-order valence-corrected chi connectivity index (χ3v) is 4.46. The molecule has 0 saturated carbocycles. The second-order valence-corrected chi connectivity index (χ2v) is 8.05. The summed E-state index contributed by atoms with van der Waals surface area (Å²) in [5.74, 6) is -0.180. The molecule has 0 heterocycles. The van der Waals surface area contributed by atoms with Gasteiger partial charge in [-0.25, -0.2) is 4.39 Å². The molecule has 3 heteroatoms. The van der Waals surface area contributed by atoms with Gasteiger partial charge in [0, 0.05) is 7.11 Å². The Morgan fingerprint density at radius 3 is 2.23 bits per heavy atom. The van der Waals surface area contributed by atoms with Gasteiger partial charge in [-0.2, -0.15) is 0 Å². The first-order valence-corrected chi connectivity index (χ1v) is 7.45. The number of benzene rings is 1. The van der Waals surface area contributed by atoms with Crippen LogP contribution >= 0.6 is 0 Å². The zero-order valence-electron chi connectivity index (χ0n) is 8.30. The number of rotatable bonds is 3. The summed E-state index contributed by atoms with van der Waals surface area (Å²) < 4.78 is 18.0. The summed E-state index contributed by atoms with van der Waals surface area (Å²) in [6, 6.07) is 7.57. The molecule has 0 aliphatic heterocycles. The van der Waals surface area contributed by atoms with E-state index in [1.165, 1.54) is 12.1 Å². The molecule has 1 aromatic rings. The van der Waals surface area contributed by atoms with Crippen molar-refractivity contribution < 1.29 is 8.82 Å². The molecule has 0 aliphatic carbocycles. The SMILES string of the molecule is CO[Si](C)(C)Cc1ccc(F)cc1. The number of halogens is 1. The fourth-order valence-electron chi connectivity index (χ4n) is 1.17. The van der Waals surface area contributed by atoms with E-state index >= 15 is 0 Å². The van der Waals surface area contributed by atoms with E-state index in [4.69, 9.17) is 4.43 Å². The lowest BCUT2D eigenvalue weighted by atomic mass is 10.2. The maximum atomic E-state index is 12.6. The molecule has 0 saturated heterocycles. The van der Waals surface area contributed by atoms with Crippen LogP contribution in [-0.4, -0.2) is 15.4 Å². The van der Waals surface area contributed by atoms with Gasteiger partial charge in [-0.05, 0) is 36.8 Å². The van der Waals surface area contributed by atoms with Crippen molar-refractivity contribution >= 4 is 8.32 Å². The molecule has 0 radical (unpaired) electrons. The number of hydrogen-bond acceptors (Lipinski definition) is 1. The molecule has 72 valence electrons. The van der Waals surface area contributed by atoms with Crippen LogP contribution in [0.25, 0.3) is 0 Å². The predicted octanol–water partition coefficient (Wildman–Crippen LogP) is 2.76. The molecule has 0 N–H and O–H groups in total. The van der Waals surface area contributed by atoms with Crippen molar-refractivity contribution in [1.82, 2.24) is 0 Å². The molecular formula is C10H15FOSi. The Bertz CT molecular complexity index is 269. The fourth-order valence-corrected chi connectivity index (χ4v) is 2.53. The second-order valence-electron chi connectivity index (χ2n) is 3.77. The Balaban J connectivity index is 2.69. The van der Waals surface area contributed by atoms with E-state index in [2.05, 4.69) is 13.1 Å². The molecular weight excluding hydrogens is 183 g/mol. The Labute approximate surface area is 79.7 Å². The summed E-state index contributed by atoms with van der Waals surface area (Å²) in [6.07, 6.45) is 0. The molecule has 0 spiro atoms. The third-order valence-electron chi connectivity index (χ3n) is 2.10. The van der Waals surface area contributed by atoms with Gasteiger partial charge in [0.05, 0.1) is 0 Å². The van der Waals surface area contributed by atoms with Crippen LogP contribution in [0.1, 0.15) is 5.56 Å². The monoisotopic (exact) mass is 198 g/mol. The zero-order valence-corrected chi connectivity index (χ0v) is 9.30. The standard InChI is InChI=1S/C10H15FOSi/c1-12-13(2,3)8-9-4-6-10(11)7-5-9/h4-7H,8H2,1-3H3. The first kappa shape index (κ1) is 10.4. The highest BCUT2D eigenvalue weighted by Gasteiger charge is 2.20. The van der Waals surface area contributed by atoms with Gasteiger partial charge in [0.1, 0.15) is 5.82 Å². The lowest BCUT2D eigenvalue weighted by molar-refractivity contribution is 0.403. The molecule has 0 fully saturated rings. The van der Waals surface area contributed by atoms with Gasteiger partial charge in [0.2, 0.25) is 0 Å². The van der Waals surface area contributed by atoms with Crippen LogP contribution in [-0.2, 0) is 10.5 Å². The van der Waals surface area contributed by atoms with Crippen LogP contribution < -0.4 is 0 Å². The lowest BCUT2D eigenvalue weighted by Gasteiger charge is -2.19. The highest BCUT2D eigenvalue weighted by Crippen LogP contribution is 2.12. The average Bonchev–Trinajstić information content (AvgIpc) is 2.09. The van der Waals surface area contributed by atoms with Gasteiger partial charge in [0.25, 0.3) is 0 Å². The lowest BCUT2D eigenvalue weighted by Crippen LogP contribution is -2.32. The molecule has 0 amide bonds. The van der Waals surface area contributed by atoms with E-state index in [-0.39, 0.29) is 5.82 Å². The van der Waals surface area contributed by atoms with Gasteiger partial charge in [-0.15, -0.1) is 0 Å². The first-order valence-electron chi connectivity index (χ1n) is 4.33. The average molecular weight is 198 g/mol. The first-order chi connectivity index (χ1) is 6.03. The van der Waals surface area contributed by atoms with E-state index in [0.29, 0.717) is 0 Å². The van der Waals surface area contributed by atoms with E-state index in [1.807, 2.05) is 12.1 Å². The van der Waals surface area contributed by atoms with Gasteiger partial charge in [-0.1, -0.05) is 12.1 Å². The summed E-state index contributed by atoms with van der Waals surface area (Å²) in [4.78, 5) is 0. The van der Waals surface area contributed by atoms with Crippen LogP contribution in [0.3, 0.4) is 0 Å². The van der Waals surface area contributed by atoms with E-state index in [1.54, 1.807) is 7.11 Å². The summed E-state index contributed by atoms with van der Waals surface area (Å²) in [5, 5.41) is 0. The molecule has 0 bridgehead atoms. The largest absolute Gasteiger partial charge is 0.420 e. The number of hydrogen-bond donors (Lipinski definition) is 0. The summed E-state index contributed by atoms with van der Waals surface area (Å²) in [5.41, 5.74) is 1.15.